The van der Waals surface area contributed by atoms with E-state index in [-0.39, 0.29) is 6.03 Å². The monoisotopic (exact) mass is 168 g/mol. The first kappa shape index (κ1) is 8.58. The molecule has 0 bridgehead atoms. The minimum Gasteiger partial charge on any atom is -0.341 e. The lowest BCUT2D eigenvalue weighted by Crippen LogP contribution is -2.24. The van der Waals surface area contributed by atoms with Gasteiger partial charge in [0.05, 0.1) is 17.6 Å². The molecule has 0 radical (unpaired) electrons. The van der Waals surface area contributed by atoms with E-state index < -0.39 is 0 Å². The van der Waals surface area contributed by atoms with Gasteiger partial charge in [-0.2, -0.15) is 5.10 Å². The van der Waals surface area contributed by atoms with Gasteiger partial charge in [0.2, 0.25) is 0 Å². The molecule has 0 saturated carbocycles. The number of carbonyl (C=O) groups is 1. The van der Waals surface area contributed by atoms with Crippen LogP contribution in [0.1, 0.15) is 5.69 Å². The molecule has 2 amide bonds. The zero-order valence-electron chi connectivity index (χ0n) is 7.38. The van der Waals surface area contributed by atoms with Crippen molar-refractivity contribution < 1.29 is 4.79 Å². The molecule has 66 valence electrons. The van der Waals surface area contributed by atoms with Crippen LogP contribution in [0.25, 0.3) is 0 Å². The van der Waals surface area contributed by atoms with Gasteiger partial charge in [0.15, 0.2) is 0 Å². The molecule has 0 aliphatic carbocycles. The van der Waals surface area contributed by atoms with E-state index in [9.17, 15) is 4.79 Å². The van der Waals surface area contributed by atoms with Crippen LogP contribution in [0.15, 0.2) is 6.20 Å². The van der Waals surface area contributed by atoms with Gasteiger partial charge in [0.25, 0.3) is 0 Å². The summed E-state index contributed by atoms with van der Waals surface area (Å²) in [5, 5.41) is 9.09. The molecule has 12 heavy (non-hydrogen) atoms. The molecule has 0 saturated heterocycles. The van der Waals surface area contributed by atoms with Gasteiger partial charge >= 0.3 is 6.03 Å². The zero-order chi connectivity index (χ0) is 9.14. The molecular weight excluding hydrogens is 156 g/mol. The number of nitrogens with one attached hydrogen (secondary N) is 2. The number of rotatable bonds is 1. The van der Waals surface area contributed by atoms with Crippen molar-refractivity contribution in [1.29, 1.82) is 0 Å². The van der Waals surface area contributed by atoms with Crippen molar-refractivity contribution in [1.82, 2.24) is 15.1 Å². The van der Waals surface area contributed by atoms with Crippen molar-refractivity contribution in [3.8, 4) is 0 Å². The topological polar surface area (TPSA) is 59.0 Å². The number of urea groups is 1. The largest absolute Gasteiger partial charge is 0.341 e. The van der Waals surface area contributed by atoms with Gasteiger partial charge in [0.1, 0.15) is 0 Å². The predicted octanol–water partition coefficient (Wildman–Crippen LogP) is 0.480. The predicted molar refractivity (Wildman–Crippen MR) is 46.0 cm³/mol. The summed E-state index contributed by atoms with van der Waals surface area (Å²) in [6, 6.07) is -0.230. The summed E-state index contributed by atoms with van der Waals surface area (Å²) in [5.41, 5.74) is 1.66. The van der Waals surface area contributed by atoms with Gasteiger partial charge in [-0.15, -0.1) is 0 Å². The Morgan fingerprint density at radius 1 is 1.67 bits per heavy atom. The molecule has 2 N–H and O–H groups in total. The molecule has 0 spiro atoms. The zero-order valence-corrected chi connectivity index (χ0v) is 7.38. The maximum absolute atomic E-state index is 10.9. The van der Waals surface area contributed by atoms with Crippen LogP contribution in [0.3, 0.4) is 0 Å². The molecule has 1 aromatic heterocycles. The third-order valence-electron chi connectivity index (χ3n) is 1.71. The summed E-state index contributed by atoms with van der Waals surface area (Å²) >= 11 is 0. The first-order valence-corrected chi connectivity index (χ1v) is 3.62. The molecule has 0 unspecified atom stereocenters. The fourth-order valence-electron chi connectivity index (χ4n) is 0.806. The Morgan fingerprint density at radius 2 is 2.33 bits per heavy atom. The van der Waals surface area contributed by atoms with E-state index in [4.69, 9.17) is 0 Å². The minimum absolute atomic E-state index is 0.230. The number of nitrogens with zero attached hydrogens (tertiary/aromatic N) is 2. The third-order valence-corrected chi connectivity index (χ3v) is 1.71. The average Bonchev–Trinajstić information content (AvgIpc) is 2.36. The van der Waals surface area contributed by atoms with Crippen LogP contribution in [0.5, 0.6) is 0 Å². The standard InChI is InChI=1S/C7H12N4O/c1-5-6(4-9-11(5)3)10-7(12)8-2/h4H,1-3H3,(H2,8,10,12). The van der Waals surface area contributed by atoms with Crippen molar-refractivity contribution in [2.75, 3.05) is 12.4 Å². The number of aromatic nitrogens is 2. The molecule has 0 aromatic carbocycles. The summed E-state index contributed by atoms with van der Waals surface area (Å²) < 4.78 is 1.70. The second-order valence-corrected chi connectivity index (χ2v) is 2.47. The molecule has 0 fully saturated rings. The lowest BCUT2D eigenvalue weighted by Gasteiger charge is -2.02. The number of amides is 2. The maximum Gasteiger partial charge on any atom is 0.319 e. The first-order valence-electron chi connectivity index (χ1n) is 3.62. The molecule has 0 aliphatic rings. The summed E-state index contributed by atoms with van der Waals surface area (Å²) in [4.78, 5) is 10.9. The molecule has 1 rings (SSSR count). The van der Waals surface area contributed by atoms with Crippen molar-refractivity contribution in [3.63, 3.8) is 0 Å². The van der Waals surface area contributed by atoms with Gasteiger partial charge in [-0.1, -0.05) is 0 Å². The Balaban J connectivity index is 2.76. The Kier molecular flexibility index (Phi) is 2.32. The molecule has 5 nitrogen and oxygen atoms in total. The molecule has 1 aromatic rings. The summed E-state index contributed by atoms with van der Waals surface area (Å²) in [7, 11) is 3.39. The normalized spacial score (nSPS) is 9.58. The lowest BCUT2D eigenvalue weighted by atomic mass is 10.4. The Morgan fingerprint density at radius 3 is 2.75 bits per heavy atom. The molecule has 0 atom stereocenters. The second-order valence-electron chi connectivity index (χ2n) is 2.47. The van der Waals surface area contributed by atoms with E-state index in [1.807, 2.05) is 14.0 Å². The number of hydrogen-bond donors (Lipinski definition) is 2. The van der Waals surface area contributed by atoms with Gasteiger partial charge < -0.3 is 10.6 Å². The van der Waals surface area contributed by atoms with Gasteiger partial charge in [-0.25, -0.2) is 4.79 Å². The molecule has 1 heterocycles. The van der Waals surface area contributed by atoms with Crippen LogP contribution in [-0.4, -0.2) is 22.9 Å². The van der Waals surface area contributed by atoms with Crippen molar-refractivity contribution >= 4 is 11.7 Å². The quantitative estimate of drug-likeness (QED) is 0.640. The van der Waals surface area contributed by atoms with E-state index in [0.29, 0.717) is 0 Å². The molecule has 0 aliphatic heterocycles. The van der Waals surface area contributed by atoms with Gasteiger partial charge in [-0.3, -0.25) is 4.68 Å². The van der Waals surface area contributed by atoms with E-state index in [2.05, 4.69) is 15.7 Å². The highest BCUT2D eigenvalue weighted by atomic mass is 16.2. The number of aryl methyl sites for hydroxylation is 1. The SMILES string of the molecule is CNC(=O)Nc1cnn(C)c1C. The minimum atomic E-state index is -0.230. The van der Waals surface area contributed by atoms with Crippen molar-refractivity contribution in [3.05, 3.63) is 11.9 Å². The first-order chi connectivity index (χ1) is 5.65. The number of carbonyl (C=O) groups excluding carboxylic acids is 1. The summed E-state index contributed by atoms with van der Waals surface area (Å²) in [5.74, 6) is 0. The van der Waals surface area contributed by atoms with E-state index in [0.717, 1.165) is 11.4 Å². The van der Waals surface area contributed by atoms with Gasteiger partial charge in [-0.05, 0) is 6.92 Å². The number of hydrogen-bond acceptors (Lipinski definition) is 2. The van der Waals surface area contributed by atoms with Crippen LogP contribution in [0.4, 0.5) is 10.5 Å². The van der Waals surface area contributed by atoms with Crippen LogP contribution in [-0.2, 0) is 7.05 Å². The Hall–Kier alpha value is -1.52. The fraction of sp³-hybridized carbons (Fsp3) is 0.429. The van der Waals surface area contributed by atoms with Crippen LogP contribution in [0, 0.1) is 6.92 Å². The molecular formula is C7H12N4O. The molecule has 5 heteroatoms. The summed E-state index contributed by atoms with van der Waals surface area (Å²) in [6.07, 6.45) is 1.62. The van der Waals surface area contributed by atoms with Crippen LogP contribution < -0.4 is 10.6 Å². The van der Waals surface area contributed by atoms with Crippen LogP contribution >= 0.6 is 0 Å². The maximum atomic E-state index is 10.9. The van der Waals surface area contributed by atoms with Gasteiger partial charge in [0, 0.05) is 14.1 Å². The summed E-state index contributed by atoms with van der Waals surface area (Å²) in [6.45, 7) is 1.89. The van der Waals surface area contributed by atoms with E-state index in [1.165, 1.54) is 0 Å². The highest BCUT2D eigenvalue weighted by Gasteiger charge is 2.05. The smallest absolute Gasteiger partial charge is 0.319 e. The van der Waals surface area contributed by atoms with Crippen LogP contribution in [0.2, 0.25) is 0 Å². The lowest BCUT2D eigenvalue weighted by molar-refractivity contribution is 0.254. The number of anilines is 1. The third kappa shape index (κ3) is 1.55. The van der Waals surface area contributed by atoms with E-state index >= 15 is 0 Å². The highest BCUT2D eigenvalue weighted by Crippen LogP contribution is 2.11. The second kappa shape index (κ2) is 3.25. The Bertz CT molecular complexity index is 292. The van der Waals surface area contributed by atoms with Crippen molar-refractivity contribution in [2.45, 2.75) is 6.92 Å². The highest BCUT2D eigenvalue weighted by molar-refractivity contribution is 5.89. The van der Waals surface area contributed by atoms with E-state index in [1.54, 1.807) is 17.9 Å². The fourth-order valence-corrected chi connectivity index (χ4v) is 0.806. The Labute approximate surface area is 70.8 Å². The average molecular weight is 168 g/mol. The van der Waals surface area contributed by atoms with Crippen molar-refractivity contribution in [2.24, 2.45) is 7.05 Å².